The Morgan fingerprint density at radius 1 is 1.25 bits per heavy atom. The SMILES string of the molecule is Cc1ccnc2c1nc(CCl)n2-c1ccc(Br)cc1Br. The van der Waals surface area contributed by atoms with Crippen molar-refractivity contribution in [2.75, 3.05) is 0 Å². The number of aryl methyl sites for hydroxylation is 1. The lowest BCUT2D eigenvalue weighted by molar-refractivity contribution is 0.965. The summed E-state index contributed by atoms with van der Waals surface area (Å²) in [5, 5.41) is 0. The summed E-state index contributed by atoms with van der Waals surface area (Å²) in [6.07, 6.45) is 1.79. The van der Waals surface area contributed by atoms with E-state index in [9.17, 15) is 0 Å². The average molecular weight is 416 g/mol. The van der Waals surface area contributed by atoms with Gasteiger partial charge >= 0.3 is 0 Å². The number of halogens is 3. The molecule has 0 spiro atoms. The van der Waals surface area contributed by atoms with Gasteiger partial charge in [0, 0.05) is 15.1 Å². The molecular formula is C14H10Br2ClN3. The van der Waals surface area contributed by atoms with Gasteiger partial charge in [-0.3, -0.25) is 4.57 Å². The monoisotopic (exact) mass is 413 g/mol. The van der Waals surface area contributed by atoms with Crippen LogP contribution in [0.4, 0.5) is 0 Å². The van der Waals surface area contributed by atoms with Crippen LogP contribution in [0.5, 0.6) is 0 Å². The quantitative estimate of drug-likeness (QED) is 0.552. The van der Waals surface area contributed by atoms with E-state index in [0.717, 1.165) is 37.2 Å². The Hall–Kier alpha value is -0.910. The molecule has 102 valence electrons. The number of aromatic nitrogens is 3. The molecule has 1 aromatic carbocycles. The molecule has 2 aromatic heterocycles. The molecule has 0 aliphatic rings. The number of benzene rings is 1. The van der Waals surface area contributed by atoms with Gasteiger partial charge in [-0.25, -0.2) is 9.97 Å². The lowest BCUT2D eigenvalue weighted by Crippen LogP contribution is -2.01. The molecule has 0 aliphatic heterocycles. The van der Waals surface area contributed by atoms with Crippen LogP contribution in [-0.4, -0.2) is 14.5 Å². The maximum atomic E-state index is 6.05. The van der Waals surface area contributed by atoms with E-state index in [4.69, 9.17) is 11.6 Å². The Labute approximate surface area is 138 Å². The van der Waals surface area contributed by atoms with E-state index in [-0.39, 0.29) is 0 Å². The second-order valence-corrected chi connectivity index (χ2v) is 6.43. The fourth-order valence-electron chi connectivity index (χ4n) is 2.14. The zero-order valence-electron chi connectivity index (χ0n) is 10.6. The number of hydrogen-bond donors (Lipinski definition) is 0. The Morgan fingerprint density at radius 3 is 2.75 bits per heavy atom. The Balaban J connectivity index is 2.37. The first-order chi connectivity index (χ1) is 9.61. The zero-order valence-corrected chi connectivity index (χ0v) is 14.5. The van der Waals surface area contributed by atoms with Crippen molar-refractivity contribution < 1.29 is 0 Å². The molecular weight excluding hydrogens is 405 g/mol. The van der Waals surface area contributed by atoms with Crippen LogP contribution in [0.1, 0.15) is 11.4 Å². The number of nitrogens with zero attached hydrogens (tertiary/aromatic N) is 3. The second-order valence-electron chi connectivity index (χ2n) is 4.39. The van der Waals surface area contributed by atoms with Crippen LogP contribution < -0.4 is 0 Å². The van der Waals surface area contributed by atoms with Gasteiger partial charge in [0.2, 0.25) is 0 Å². The van der Waals surface area contributed by atoms with E-state index >= 15 is 0 Å². The molecule has 3 aromatic rings. The molecule has 0 amide bonds. The summed E-state index contributed by atoms with van der Waals surface area (Å²) in [7, 11) is 0. The number of rotatable bonds is 2. The summed E-state index contributed by atoms with van der Waals surface area (Å²) in [5.74, 6) is 1.12. The van der Waals surface area contributed by atoms with Gasteiger partial charge in [0.15, 0.2) is 5.65 Å². The molecule has 3 rings (SSSR count). The van der Waals surface area contributed by atoms with Gasteiger partial charge in [0.05, 0.1) is 11.6 Å². The molecule has 3 nitrogen and oxygen atoms in total. The highest BCUT2D eigenvalue weighted by Crippen LogP contribution is 2.30. The molecule has 0 fully saturated rings. The highest BCUT2D eigenvalue weighted by atomic mass is 79.9. The lowest BCUT2D eigenvalue weighted by atomic mass is 10.2. The molecule has 6 heteroatoms. The zero-order chi connectivity index (χ0) is 14.3. The van der Waals surface area contributed by atoms with E-state index < -0.39 is 0 Å². The number of fused-ring (bicyclic) bond motifs is 1. The van der Waals surface area contributed by atoms with Crippen molar-refractivity contribution in [2.24, 2.45) is 0 Å². The summed E-state index contributed by atoms with van der Waals surface area (Å²) in [5.41, 5.74) is 3.78. The van der Waals surface area contributed by atoms with E-state index in [0.29, 0.717) is 5.88 Å². The number of imidazole rings is 1. The van der Waals surface area contributed by atoms with Gasteiger partial charge in [-0.05, 0) is 52.7 Å². The van der Waals surface area contributed by atoms with Crippen molar-refractivity contribution in [2.45, 2.75) is 12.8 Å². The van der Waals surface area contributed by atoms with Gasteiger partial charge < -0.3 is 0 Å². The summed E-state index contributed by atoms with van der Waals surface area (Å²) >= 11 is 13.1. The van der Waals surface area contributed by atoms with Gasteiger partial charge in [-0.15, -0.1) is 11.6 Å². The van der Waals surface area contributed by atoms with Crippen molar-refractivity contribution in [1.82, 2.24) is 14.5 Å². The molecule has 0 radical (unpaired) electrons. The average Bonchev–Trinajstić information content (AvgIpc) is 2.79. The maximum absolute atomic E-state index is 6.05. The van der Waals surface area contributed by atoms with Crippen LogP contribution in [0, 0.1) is 6.92 Å². The molecule has 0 unspecified atom stereocenters. The van der Waals surface area contributed by atoms with Crippen molar-refractivity contribution in [1.29, 1.82) is 0 Å². The minimum Gasteiger partial charge on any atom is -0.279 e. The van der Waals surface area contributed by atoms with Gasteiger partial charge in [-0.2, -0.15) is 0 Å². The maximum Gasteiger partial charge on any atom is 0.165 e. The Kier molecular flexibility index (Phi) is 3.84. The largest absolute Gasteiger partial charge is 0.279 e. The van der Waals surface area contributed by atoms with Crippen LogP contribution in [0.2, 0.25) is 0 Å². The fraction of sp³-hybridized carbons (Fsp3) is 0.143. The topological polar surface area (TPSA) is 30.7 Å². The Bertz CT molecular complexity index is 798. The molecule has 0 N–H and O–H groups in total. The number of alkyl halides is 1. The predicted octanol–water partition coefficient (Wildman–Crippen LogP) is 4.99. The fourth-order valence-corrected chi connectivity index (χ4v) is 3.55. The summed E-state index contributed by atoms with van der Waals surface area (Å²) < 4.78 is 3.96. The molecule has 0 saturated carbocycles. The highest BCUT2D eigenvalue weighted by Gasteiger charge is 2.16. The first-order valence-corrected chi connectivity index (χ1v) is 8.08. The van der Waals surface area contributed by atoms with E-state index in [1.807, 2.05) is 35.8 Å². The second kappa shape index (κ2) is 5.47. The Morgan fingerprint density at radius 2 is 2.05 bits per heavy atom. The van der Waals surface area contributed by atoms with Crippen molar-refractivity contribution in [3.05, 3.63) is 50.8 Å². The molecule has 0 atom stereocenters. The third kappa shape index (κ3) is 2.28. The minimum atomic E-state index is 0.332. The van der Waals surface area contributed by atoms with Crippen LogP contribution in [0.15, 0.2) is 39.4 Å². The molecule has 20 heavy (non-hydrogen) atoms. The van der Waals surface area contributed by atoms with E-state index in [1.54, 1.807) is 6.20 Å². The molecule has 2 heterocycles. The summed E-state index contributed by atoms with van der Waals surface area (Å²) in [4.78, 5) is 9.07. The third-order valence-corrected chi connectivity index (χ3v) is 4.46. The van der Waals surface area contributed by atoms with Crippen LogP contribution in [-0.2, 0) is 5.88 Å². The normalized spacial score (nSPS) is 11.2. The highest BCUT2D eigenvalue weighted by molar-refractivity contribution is 9.11. The molecule has 0 aliphatic carbocycles. The van der Waals surface area contributed by atoms with Crippen LogP contribution in [0.3, 0.4) is 0 Å². The van der Waals surface area contributed by atoms with Crippen molar-refractivity contribution >= 4 is 54.6 Å². The predicted molar refractivity (Wildman–Crippen MR) is 88.6 cm³/mol. The third-order valence-electron chi connectivity index (χ3n) is 3.09. The van der Waals surface area contributed by atoms with Gasteiger partial charge in [0.25, 0.3) is 0 Å². The van der Waals surface area contributed by atoms with Gasteiger partial charge in [-0.1, -0.05) is 15.9 Å². The van der Waals surface area contributed by atoms with E-state index in [2.05, 4.69) is 41.8 Å². The van der Waals surface area contributed by atoms with E-state index in [1.165, 1.54) is 0 Å². The first-order valence-electron chi connectivity index (χ1n) is 5.96. The summed E-state index contributed by atoms with van der Waals surface area (Å²) in [6.45, 7) is 2.02. The number of pyridine rings is 1. The van der Waals surface area contributed by atoms with Gasteiger partial charge in [0.1, 0.15) is 11.3 Å². The standard InChI is InChI=1S/C14H10Br2ClN3/c1-8-4-5-18-14-13(8)19-12(7-17)20(14)11-3-2-9(15)6-10(11)16/h2-6H,7H2,1H3. The lowest BCUT2D eigenvalue weighted by Gasteiger charge is -2.09. The minimum absolute atomic E-state index is 0.332. The van der Waals surface area contributed by atoms with Crippen molar-refractivity contribution in [3.63, 3.8) is 0 Å². The number of hydrogen-bond acceptors (Lipinski definition) is 2. The smallest absolute Gasteiger partial charge is 0.165 e. The van der Waals surface area contributed by atoms with Crippen LogP contribution in [0.25, 0.3) is 16.9 Å². The van der Waals surface area contributed by atoms with Crippen molar-refractivity contribution in [3.8, 4) is 5.69 Å². The molecule has 0 saturated heterocycles. The first kappa shape index (κ1) is 14.0. The summed E-state index contributed by atoms with van der Waals surface area (Å²) in [6, 6.07) is 7.94. The van der Waals surface area contributed by atoms with Crippen LogP contribution >= 0.6 is 43.5 Å². The molecule has 0 bridgehead atoms.